The second-order valence-electron chi connectivity index (χ2n) is 9.03. The molecule has 168 valence electrons. The van der Waals surface area contributed by atoms with Gasteiger partial charge in [0, 0.05) is 5.69 Å². The Balaban J connectivity index is 1.48. The summed E-state index contributed by atoms with van der Waals surface area (Å²) in [5.74, 6) is 0. The van der Waals surface area contributed by atoms with Crippen molar-refractivity contribution in [3.05, 3.63) is 132 Å². The van der Waals surface area contributed by atoms with Gasteiger partial charge in [-0.15, -0.1) is 0 Å². The first-order valence-electron chi connectivity index (χ1n) is 12.0. The van der Waals surface area contributed by atoms with E-state index in [2.05, 4.69) is 103 Å². The molecule has 2 aliphatic rings. The zero-order chi connectivity index (χ0) is 23.8. The molecule has 0 fully saturated rings. The maximum Gasteiger partial charge on any atom is 0.0857 e. The number of benzene rings is 4. The van der Waals surface area contributed by atoms with Crippen LogP contribution in [-0.4, -0.2) is 6.72 Å². The zero-order valence-corrected chi connectivity index (χ0v) is 19.6. The number of para-hydroxylation sites is 2. The number of aliphatic imine (C=N–C) groups is 1. The number of nitrogens with one attached hydrogen (secondary N) is 1. The summed E-state index contributed by atoms with van der Waals surface area (Å²) in [4.78, 5) is 4.13. The Labute approximate surface area is 206 Å². The van der Waals surface area contributed by atoms with Gasteiger partial charge in [-0.3, -0.25) is 4.99 Å². The first-order chi connectivity index (χ1) is 17.2. The van der Waals surface area contributed by atoms with Gasteiger partial charge in [-0.05, 0) is 100.0 Å². The maximum atomic E-state index is 4.41. The zero-order valence-electron chi connectivity index (χ0n) is 19.6. The molecule has 0 amide bonds. The third-order valence-electron chi connectivity index (χ3n) is 6.96. The highest BCUT2D eigenvalue weighted by Crippen LogP contribution is 2.46. The number of hydrogen-bond donors (Lipinski definition) is 1. The highest BCUT2D eigenvalue weighted by molar-refractivity contribution is 5.92. The minimum absolute atomic E-state index is 0.843. The molecule has 0 radical (unpaired) electrons. The van der Waals surface area contributed by atoms with Gasteiger partial charge < -0.3 is 5.32 Å². The minimum atomic E-state index is 0.843. The SMILES string of the molecule is C=Nc1ccccc1Nc1ccc(-c2c3c(cc4c2Cc2ccccc2-4)C(=C)/C=C\C=C/C3)cc1. The van der Waals surface area contributed by atoms with Gasteiger partial charge in [-0.25, -0.2) is 0 Å². The van der Waals surface area contributed by atoms with Crippen LogP contribution in [0.25, 0.3) is 27.8 Å². The van der Waals surface area contributed by atoms with E-state index in [-0.39, 0.29) is 0 Å². The second-order valence-corrected chi connectivity index (χ2v) is 9.03. The van der Waals surface area contributed by atoms with Crippen molar-refractivity contribution >= 4 is 29.4 Å². The van der Waals surface area contributed by atoms with E-state index >= 15 is 0 Å². The van der Waals surface area contributed by atoms with Gasteiger partial charge in [0.05, 0.1) is 11.4 Å². The van der Waals surface area contributed by atoms with Crippen molar-refractivity contribution < 1.29 is 0 Å². The third kappa shape index (κ3) is 3.74. The highest BCUT2D eigenvalue weighted by Gasteiger charge is 2.26. The molecule has 6 rings (SSSR count). The predicted octanol–water partition coefficient (Wildman–Crippen LogP) is 8.68. The van der Waals surface area contributed by atoms with Gasteiger partial charge in [0.1, 0.15) is 0 Å². The Bertz CT molecular complexity index is 1530. The van der Waals surface area contributed by atoms with E-state index in [4.69, 9.17) is 0 Å². The molecule has 2 nitrogen and oxygen atoms in total. The fourth-order valence-corrected chi connectivity index (χ4v) is 5.29. The number of nitrogens with zero attached hydrogens (tertiary/aromatic N) is 1. The first-order valence-corrected chi connectivity index (χ1v) is 12.0. The lowest BCUT2D eigenvalue weighted by atomic mass is 9.83. The Morgan fingerprint density at radius 1 is 0.771 bits per heavy atom. The molecular weight excluding hydrogens is 424 g/mol. The van der Waals surface area contributed by atoms with Gasteiger partial charge in [0.2, 0.25) is 0 Å². The summed E-state index contributed by atoms with van der Waals surface area (Å²) in [6.45, 7) is 8.10. The van der Waals surface area contributed by atoms with Crippen LogP contribution in [-0.2, 0) is 12.8 Å². The summed E-state index contributed by atoms with van der Waals surface area (Å²) < 4.78 is 0. The van der Waals surface area contributed by atoms with E-state index in [9.17, 15) is 0 Å². The summed E-state index contributed by atoms with van der Waals surface area (Å²) in [6.07, 6.45) is 10.4. The standard InChI is InChI=1S/C33H26N2/c1-22-10-4-3-5-13-27-28(22)21-29-26-12-7-6-11-24(26)20-30(29)33(27)23-16-18-25(19-17-23)35-32-15-9-8-14-31(32)34-2/h3-12,14-19,21,35H,1-2,13,20H2/b5-3-,10-4-. The van der Waals surface area contributed by atoms with Crippen molar-refractivity contribution in [2.24, 2.45) is 4.99 Å². The predicted molar refractivity (Wildman–Crippen MR) is 150 cm³/mol. The quantitative estimate of drug-likeness (QED) is 0.272. The van der Waals surface area contributed by atoms with Crippen molar-refractivity contribution in [3.63, 3.8) is 0 Å². The molecule has 1 N–H and O–H groups in total. The number of hydrogen-bond acceptors (Lipinski definition) is 2. The largest absolute Gasteiger partial charge is 0.354 e. The second kappa shape index (κ2) is 8.73. The normalized spacial score (nSPS) is 15.3. The number of rotatable bonds is 4. The average molecular weight is 451 g/mol. The molecule has 0 saturated heterocycles. The van der Waals surface area contributed by atoms with E-state index in [1.54, 1.807) is 0 Å². The molecule has 0 bridgehead atoms. The molecule has 0 heterocycles. The third-order valence-corrected chi connectivity index (χ3v) is 6.96. The van der Waals surface area contributed by atoms with E-state index < -0.39 is 0 Å². The fourth-order valence-electron chi connectivity index (χ4n) is 5.29. The molecule has 35 heavy (non-hydrogen) atoms. The maximum absolute atomic E-state index is 4.41. The highest BCUT2D eigenvalue weighted by atomic mass is 14.9. The van der Waals surface area contributed by atoms with Crippen LogP contribution in [0.2, 0.25) is 0 Å². The summed E-state index contributed by atoms with van der Waals surface area (Å²) in [6, 6.07) is 27.8. The van der Waals surface area contributed by atoms with Crippen LogP contribution in [0.5, 0.6) is 0 Å². The van der Waals surface area contributed by atoms with Crippen molar-refractivity contribution in [1.29, 1.82) is 0 Å². The summed E-state index contributed by atoms with van der Waals surface area (Å²) >= 11 is 0. The lowest BCUT2D eigenvalue weighted by Gasteiger charge is -2.21. The lowest BCUT2D eigenvalue weighted by Crippen LogP contribution is -2.01. The van der Waals surface area contributed by atoms with Crippen molar-refractivity contribution in [2.45, 2.75) is 12.8 Å². The van der Waals surface area contributed by atoms with Crippen molar-refractivity contribution in [2.75, 3.05) is 5.32 Å². The molecule has 0 unspecified atom stereocenters. The molecular formula is C33H26N2. The molecule has 2 heteroatoms. The Morgan fingerprint density at radius 2 is 1.57 bits per heavy atom. The van der Waals surface area contributed by atoms with Crippen LogP contribution >= 0.6 is 0 Å². The van der Waals surface area contributed by atoms with Crippen LogP contribution in [0.4, 0.5) is 17.1 Å². The average Bonchev–Trinajstić information content (AvgIpc) is 3.26. The number of fused-ring (bicyclic) bond motifs is 4. The summed E-state index contributed by atoms with van der Waals surface area (Å²) in [5.41, 5.74) is 14.5. The Kier molecular flexibility index (Phi) is 5.27. The molecule has 4 aromatic carbocycles. The molecule has 0 atom stereocenters. The summed E-state index contributed by atoms with van der Waals surface area (Å²) in [5, 5.41) is 3.49. The van der Waals surface area contributed by atoms with E-state index in [0.717, 1.165) is 35.5 Å². The minimum Gasteiger partial charge on any atom is -0.354 e. The van der Waals surface area contributed by atoms with Crippen LogP contribution in [0.15, 0.2) is 115 Å². The first kappa shape index (κ1) is 21.1. The molecule has 0 aromatic heterocycles. The Hall–Kier alpha value is -4.43. The molecule has 2 aliphatic carbocycles. The van der Waals surface area contributed by atoms with Crippen LogP contribution in [0, 0.1) is 0 Å². The molecule has 0 aliphatic heterocycles. The molecule has 0 spiro atoms. The van der Waals surface area contributed by atoms with Crippen molar-refractivity contribution in [3.8, 4) is 22.3 Å². The Morgan fingerprint density at radius 3 is 2.43 bits per heavy atom. The summed E-state index contributed by atoms with van der Waals surface area (Å²) in [7, 11) is 0. The van der Waals surface area contributed by atoms with Crippen LogP contribution in [0.1, 0.15) is 22.3 Å². The van der Waals surface area contributed by atoms with E-state index in [1.807, 2.05) is 24.3 Å². The van der Waals surface area contributed by atoms with Crippen LogP contribution < -0.4 is 5.32 Å². The molecule has 4 aromatic rings. The van der Waals surface area contributed by atoms with Gasteiger partial charge in [0.25, 0.3) is 0 Å². The number of anilines is 2. The van der Waals surface area contributed by atoms with Gasteiger partial charge >= 0.3 is 0 Å². The monoisotopic (exact) mass is 450 g/mol. The smallest absolute Gasteiger partial charge is 0.0857 e. The number of allylic oxidation sites excluding steroid dienone is 5. The van der Waals surface area contributed by atoms with E-state index in [1.165, 1.54) is 44.5 Å². The topological polar surface area (TPSA) is 24.4 Å². The van der Waals surface area contributed by atoms with Gasteiger partial charge in [0.15, 0.2) is 0 Å². The fraction of sp³-hybridized carbons (Fsp3) is 0.0606. The van der Waals surface area contributed by atoms with Crippen molar-refractivity contribution in [1.82, 2.24) is 0 Å². The van der Waals surface area contributed by atoms with Crippen LogP contribution in [0.3, 0.4) is 0 Å². The molecule has 0 saturated carbocycles. The van der Waals surface area contributed by atoms with Gasteiger partial charge in [-0.1, -0.05) is 79.4 Å². The van der Waals surface area contributed by atoms with E-state index in [0.29, 0.717) is 0 Å². The lowest BCUT2D eigenvalue weighted by molar-refractivity contribution is 1.20. The van der Waals surface area contributed by atoms with Gasteiger partial charge in [-0.2, -0.15) is 0 Å².